The lowest BCUT2D eigenvalue weighted by atomic mass is 9.68. The molecule has 9 nitrogen and oxygen atoms in total. The van der Waals surface area contributed by atoms with Crippen LogP contribution in [0.25, 0.3) is 16.9 Å². The zero-order chi connectivity index (χ0) is 22.3. The molecular weight excluding hydrogens is 406 g/mol. The van der Waals surface area contributed by atoms with Crippen LogP contribution in [-0.4, -0.2) is 55.9 Å². The Balaban J connectivity index is 1.66. The van der Waals surface area contributed by atoms with E-state index in [9.17, 15) is 10.4 Å². The fourth-order valence-electron chi connectivity index (χ4n) is 5.20. The van der Waals surface area contributed by atoms with Gasteiger partial charge in [-0.15, -0.1) is 0 Å². The van der Waals surface area contributed by atoms with Gasteiger partial charge in [-0.25, -0.2) is 4.98 Å². The number of pyridine rings is 1. The maximum atomic E-state index is 11.9. The Kier molecular flexibility index (Phi) is 5.35. The molecule has 2 fully saturated rings. The van der Waals surface area contributed by atoms with Crippen molar-refractivity contribution in [3.63, 3.8) is 0 Å². The standard InChI is InChI=1S/C23H29N7O2/c1-15-3-6-23(31,12-17(15)4-7-24)19-11-21(29-9-10-32-14-16(29)2)27-22-18(19)13-26-30(22)20-5-8-25-28-20/h5,8,11,13,15-17,31H,3-4,6,9-10,12,14H2,1-2H3,(H,25,28)/t15?,16-,17?,23?/m1/s1. The highest BCUT2D eigenvalue weighted by molar-refractivity contribution is 5.83. The van der Waals surface area contributed by atoms with Gasteiger partial charge in [0, 0.05) is 24.4 Å². The highest BCUT2D eigenvalue weighted by Gasteiger charge is 2.41. The van der Waals surface area contributed by atoms with Gasteiger partial charge >= 0.3 is 0 Å². The van der Waals surface area contributed by atoms with E-state index in [-0.39, 0.29) is 12.0 Å². The van der Waals surface area contributed by atoms with Crippen LogP contribution in [-0.2, 0) is 10.3 Å². The number of rotatable bonds is 4. The highest BCUT2D eigenvalue weighted by Crippen LogP contribution is 2.46. The van der Waals surface area contributed by atoms with E-state index in [0.29, 0.717) is 44.0 Å². The van der Waals surface area contributed by atoms with Crippen LogP contribution in [0.4, 0.5) is 5.82 Å². The second kappa shape index (κ2) is 8.19. The molecule has 1 aliphatic carbocycles. The number of hydrogen-bond donors (Lipinski definition) is 2. The van der Waals surface area contributed by atoms with Crippen molar-refractivity contribution in [2.24, 2.45) is 11.8 Å². The van der Waals surface area contributed by atoms with E-state index in [4.69, 9.17) is 9.72 Å². The third kappa shape index (κ3) is 3.53. The average Bonchev–Trinajstić information content (AvgIpc) is 3.46. The molecule has 3 unspecified atom stereocenters. The molecule has 9 heteroatoms. The Morgan fingerprint density at radius 3 is 3.03 bits per heavy atom. The molecule has 2 aliphatic rings. The summed E-state index contributed by atoms with van der Waals surface area (Å²) in [5.41, 5.74) is 0.502. The molecule has 168 valence electrons. The molecule has 5 rings (SSSR count). The van der Waals surface area contributed by atoms with E-state index in [1.807, 2.05) is 12.1 Å². The SMILES string of the molecule is CC1CCC(O)(c2cc(N3CCOC[C@H]3C)nc3c2cnn3-c2ccn[nH]2)CC1CC#N. The van der Waals surface area contributed by atoms with Crippen molar-refractivity contribution >= 4 is 16.9 Å². The normalized spacial score (nSPS) is 28.7. The van der Waals surface area contributed by atoms with Crippen molar-refractivity contribution in [1.82, 2.24) is 25.0 Å². The molecule has 32 heavy (non-hydrogen) atoms. The molecule has 0 radical (unpaired) electrons. The summed E-state index contributed by atoms with van der Waals surface area (Å²) in [6.45, 7) is 6.33. The number of morpholine rings is 1. The van der Waals surface area contributed by atoms with Crippen LogP contribution < -0.4 is 4.90 Å². The third-order valence-corrected chi connectivity index (χ3v) is 7.18. The molecule has 3 aromatic heterocycles. The Bertz CT molecular complexity index is 1140. The van der Waals surface area contributed by atoms with Crippen molar-refractivity contribution in [2.75, 3.05) is 24.7 Å². The molecule has 0 bridgehead atoms. The smallest absolute Gasteiger partial charge is 0.167 e. The second-order valence-corrected chi connectivity index (χ2v) is 9.25. The number of fused-ring (bicyclic) bond motifs is 1. The summed E-state index contributed by atoms with van der Waals surface area (Å²) in [5, 5.41) is 33.7. The number of ether oxygens (including phenoxy) is 1. The summed E-state index contributed by atoms with van der Waals surface area (Å²) >= 11 is 0. The first-order valence-corrected chi connectivity index (χ1v) is 11.3. The molecule has 1 aliphatic heterocycles. The van der Waals surface area contributed by atoms with Crippen LogP contribution in [0.1, 0.15) is 45.1 Å². The first kappa shape index (κ1) is 20.9. The number of nitriles is 1. The summed E-state index contributed by atoms with van der Waals surface area (Å²) < 4.78 is 7.37. The number of nitrogens with one attached hydrogen (secondary N) is 1. The van der Waals surface area contributed by atoms with Crippen molar-refractivity contribution < 1.29 is 9.84 Å². The molecular formula is C23H29N7O2. The number of nitrogens with zero attached hydrogens (tertiary/aromatic N) is 6. The molecule has 4 atom stereocenters. The number of aromatic amines is 1. The van der Waals surface area contributed by atoms with E-state index in [0.717, 1.165) is 35.6 Å². The molecule has 4 heterocycles. The van der Waals surface area contributed by atoms with E-state index in [1.54, 1.807) is 17.1 Å². The number of H-pyrrole nitrogens is 1. The maximum Gasteiger partial charge on any atom is 0.167 e. The topological polar surface area (TPSA) is 116 Å². The van der Waals surface area contributed by atoms with Gasteiger partial charge in [-0.05, 0) is 49.7 Å². The minimum Gasteiger partial charge on any atom is -0.385 e. The summed E-state index contributed by atoms with van der Waals surface area (Å²) in [6.07, 6.45) is 6.01. The zero-order valence-corrected chi connectivity index (χ0v) is 18.5. The van der Waals surface area contributed by atoms with Crippen molar-refractivity contribution in [3.8, 4) is 11.9 Å². The van der Waals surface area contributed by atoms with E-state index in [1.165, 1.54) is 0 Å². The van der Waals surface area contributed by atoms with Gasteiger partial charge in [-0.3, -0.25) is 5.10 Å². The predicted molar refractivity (Wildman–Crippen MR) is 119 cm³/mol. The quantitative estimate of drug-likeness (QED) is 0.647. The molecule has 2 N–H and O–H groups in total. The van der Waals surface area contributed by atoms with Gasteiger partial charge < -0.3 is 14.7 Å². The lowest BCUT2D eigenvalue weighted by Crippen LogP contribution is -2.44. The monoisotopic (exact) mass is 435 g/mol. The molecule has 3 aromatic rings. The lowest BCUT2D eigenvalue weighted by molar-refractivity contribution is -0.0354. The van der Waals surface area contributed by atoms with Crippen LogP contribution in [0.2, 0.25) is 0 Å². The van der Waals surface area contributed by atoms with Gasteiger partial charge in [0.15, 0.2) is 11.5 Å². The maximum absolute atomic E-state index is 11.9. The van der Waals surface area contributed by atoms with Crippen LogP contribution in [0, 0.1) is 23.2 Å². The number of aliphatic hydroxyl groups is 1. The Morgan fingerprint density at radius 1 is 1.41 bits per heavy atom. The van der Waals surface area contributed by atoms with Crippen LogP contribution >= 0.6 is 0 Å². The fraction of sp³-hybridized carbons (Fsp3) is 0.565. The average molecular weight is 436 g/mol. The van der Waals surface area contributed by atoms with Crippen molar-refractivity contribution in [2.45, 2.75) is 51.2 Å². The summed E-state index contributed by atoms with van der Waals surface area (Å²) in [5.74, 6) is 2.11. The Morgan fingerprint density at radius 2 is 2.28 bits per heavy atom. The van der Waals surface area contributed by atoms with Crippen LogP contribution in [0.15, 0.2) is 24.5 Å². The van der Waals surface area contributed by atoms with Gasteiger partial charge in [0.05, 0.1) is 43.3 Å². The van der Waals surface area contributed by atoms with Crippen molar-refractivity contribution in [3.05, 3.63) is 30.1 Å². The van der Waals surface area contributed by atoms with Crippen molar-refractivity contribution in [1.29, 1.82) is 5.26 Å². The highest BCUT2D eigenvalue weighted by atomic mass is 16.5. The van der Waals surface area contributed by atoms with E-state index < -0.39 is 5.60 Å². The fourth-order valence-corrected chi connectivity index (χ4v) is 5.20. The number of aromatic nitrogens is 5. The Labute approximate surface area is 187 Å². The number of hydrogen-bond acceptors (Lipinski definition) is 7. The molecule has 0 spiro atoms. The molecule has 0 aromatic carbocycles. The minimum absolute atomic E-state index is 0.162. The predicted octanol–water partition coefficient (Wildman–Crippen LogP) is 2.91. The van der Waals surface area contributed by atoms with E-state index in [2.05, 4.69) is 40.1 Å². The molecule has 1 saturated carbocycles. The first-order valence-electron chi connectivity index (χ1n) is 11.3. The molecule has 0 amide bonds. The summed E-state index contributed by atoms with van der Waals surface area (Å²) in [4.78, 5) is 7.22. The number of anilines is 1. The van der Waals surface area contributed by atoms with Gasteiger partial charge in [-0.1, -0.05) is 6.92 Å². The largest absolute Gasteiger partial charge is 0.385 e. The van der Waals surface area contributed by atoms with Gasteiger partial charge in [0.25, 0.3) is 0 Å². The minimum atomic E-state index is -1.03. The first-order chi connectivity index (χ1) is 15.5. The van der Waals surface area contributed by atoms with Gasteiger partial charge in [0.1, 0.15) is 5.82 Å². The van der Waals surface area contributed by atoms with Crippen LogP contribution in [0.5, 0.6) is 0 Å². The van der Waals surface area contributed by atoms with E-state index >= 15 is 0 Å². The summed E-state index contributed by atoms with van der Waals surface area (Å²) in [6, 6.07) is 6.37. The Hall–Kier alpha value is -2.96. The lowest BCUT2D eigenvalue weighted by Gasteiger charge is -2.41. The second-order valence-electron chi connectivity index (χ2n) is 9.25. The van der Waals surface area contributed by atoms with Gasteiger partial charge in [-0.2, -0.15) is 20.1 Å². The van der Waals surface area contributed by atoms with Gasteiger partial charge in [0.2, 0.25) is 0 Å². The summed E-state index contributed by atoms with van der Waals surface area (Å²) in [7, 11) is 0. The third-order valence-electron chi connectivity index (χ3n) is 7.18. The molecule has 1 saturated heterocycles. The zero-order valence-electron chi connectivity index (χ0n) is 18.5. The van der Waals surface area contributed by atoms with Crippen LogP contribution in [0.3, 0.4) is 0 Å².